The summed E-state index contributed by atoms with van der Waals surface area (Å²) in [6.45, 7) is 14.3. The molecule has 0 aromatic rings. The number of unbranched alkanes of at least 4 members (excludes halogenated alkanes) is 46. The molecule has 0 saturated carbocycles. The second-order valence-electron chi connectivity index (χ2n) is 32.0. The molecule has 17 nitrogen and oxygen atoms in total. The molecule has 0 aliphatic carbocycles. The molecule has 0 heterocycles. The van der Waals surface area contributed by atoms with Crippen molar-refractivity contribution >= 4 is 39.5 Å². The van der Waals surface area contributed by atoms with E-state index in [0.29, 0.717) is 31.6 Å². The molecule has 0 amide bonds. The van der Waals surface area contributed by atoms with Gasteiger partial charge in [0, 0.05) is 25.7 Å². The van der Waals surface area contributed by atoms with E-state index in [1.165, 1.54) is 238 Å². The standard InChI is InChI=1S/C85H166O17P2/c1-9-77(7)63-55-47-39-31-25-21-17-13-11-12-14-18-22-26-34-42-51-59-68-85(90)102-81(72-96-83(88)66-58-50-44-36-38-46-54-62-76(5)6)74-100-104(93,94)98-70-79(86)69-97-103(91,92)99-73-80(71-95-82(87)65-57-49-41-33-29-28-32-40-48-56-64-78(8)10-2)101-84(89)67-60-52-43-35-27-23-19-15-16-20-24-30-37-45-53-61-75(3)4/h75-81,86H,9-74H2,1-8H3,(H,91,92)(H,93,94)/t77?,78?,79?,80-,81-/m1/s1. The largest absolute Gasteiger partial charge is 0.472 e. The number of aliphatic hydroxyl groups excluding tert-OH is 1. The molecule has 0 radical (unpaired) electrons. The van der Waals surface area contributed by atoms with E-state index in [-0.39, 0.29) is 25.7 Å². The van der Waals surface area contributed by atoms with Crippen LogP contribution < -0.4 is 0 Å². The van der Waals surface area contributed by atoms with Gasteiger partial charge in [-0.1, -0.05) is 389 Å². The van der Waals surface area contributed by atoms with E-state index in [2.05, 4.69) is 55.4 Å². The van der Waals surface area contributed by atoms with Crippen LogP contribution in [0.4, 0.5) is 0 Å². The fourth-order valence-electron chi connectivity index (χ4n) is 13.1. The highest BCUT2D eigenvalue weighted by atomic mass is 31.2. The smallest absolute Gasteiger partial charge is 0.462 e. The minimum absolute atomic E-state index is 0.107. The van der Waals surface area contributed by atoms with E-state index in [1.54, 1.807) is 0 Å². The van der Waals surface area contributed by atoms with Crippen LogP contribution in [0.1, 0.15) is 441 Å². The summed E-state index contributed by atoms with van der Waals surface area (Å²) in [6, 6.07) is 0. The molecule has 0 spiro atoms. The number of hydrogen-bond acceptors (Lipinski definition) is 15. The van der Waals surface area contributed by atoms with Crippen LogP contribution in [0.25, 0.3) is 0 Å². The van der Waals surface area contributed by atoms with Crippen molar-refractivity contribution in [2.24, 2.45) is 23.7 Å². The first-order valence-electron chi connectivity index (χ1n) is 43.8. The van der Waals surface area contributed by atoms with Gasteiger partial charge >= 0.3 is 39.5 Å². The average Bonchev–Trinajstić information content (AvgIpc) is 0.904. The first-order chi connectivity index (χ1) is 50.2. The Morgan fingerprint density at radius 1 is 0.269 bits per heavy atom. The molecule has 0 aromatic carbocycles. The number of esters is 4. The lowest BCUT2D eigenvalue weighted by atomic mass is 9.99. The molecule has 618 valence electrons. The quantitative estimate of drug-likeness (QED) is 0.0222. The number of hydrogen-bond donors (Lipinski definition) is 3. The van der Waals surface area contributed by atoms with Crippen LogP contribution in [0, 0.1) is 23.7 Å². The van der Waals surface area contributed by atoms with Crippen LogP contribution in [0.5, 0.6) is 0 Å². The number of carbonyl (C=O) groups excluding carboxylic acids is 4. The maximum atomic E-state index is 13.1. The molecular weight excluding hydrogens is 1350 g/mol. The van der Waals surface area contributed by atoms with Crippen LogP contribution in [0.3, 0.4) is 0 Å². The van der Waals surface area contributed by atoms with Crippen LogP contribution in [0.2, 0.25) is 0 Å². The monoisotopic (exact) mass is 1520 g/mol. The maximum absolute atomic E-state index is 13.1. The Kier molecular flexibility index (Phi) is 72.5. The number of phosphoric acid groups is 2. The third-order valence-corrected chi connectivity index (χ3v) is 22.4. The molecular formula is C85H166O17P2. The molecule has 3 N–H and O–H groups in total. The molecule has 0 aromatic heterocycles. The number of rotatable bonds is 82. The van der Waals surface area contributed by atoms with Gasteiger partial charge in [0.2, 0.25) is 0 Å². The van der Waals surface area contributed by atoms with Crippen LogP contribution >= 0.6 is 15.6 Å². The van der Waals surface area contributed by atoms with Crippen molar-refractivity contribution in [1.82, 2.24) is 0 Å². The summed E-state index contributed by atoms with van der Waals surface area (Å²) < 4.78 is 68.8. The van der Waals surface area contributed by atoms with E-state index in [4.69, 9.17) is 37.0 Å². The summed E-state index contributed by atoms with van der Waals surface area (Å²) in [5.41, 5.74) is 0. The zero-order chi connectivity index (χ0) is 76.7. The Balaban J connectivity index is 5.20. The predicted molar refractivity (Wildman–Crippen MR) is 428 cm³/mol. The Labute approximate surface area is 638 Å². The number of aliphatic hydroxyl groups is 1. The summed E-state index contributed by atoms with van der Waals surface area (Å²) in [6.07, 6.45) is 62.5. The van der Waals surface area contributed by atoms with Gasteiger partial charge in [-0.15, -0.1) is 0 Å². The molecule has 7 atom stereocenters. The molecule has 0 bridgehead atoms. The Morgan fingerprint density at radius 2 is 0.462 bits per heavy atom. The summed E-state index contributed by atoms with van der Waals surface area (Å²) in [5, 5.41) is 10.7. The minimum Gasteiger partial charge on any atom is -0.462 e. The summed E-state index contributed by atoms with van der Waals surface area (Å²) >= 11 is 0. The number of ether oxygens (including phenoxy) is 4. The van der Waals surface area contributed by atoms with E-state index in [1.807, 2.05) is 0 Å². The van der Waals surface area contributed by atoms with Crippen molar-refractivity contribution in [3.05, 3.63) is 0 Å². The highest BCUT2D eigenvalue weighted by molar-refractivity contribution is 7.47. The topological polar surface area (TPSA) is 237 Å². The summed E-state index contributed by atoms with van der Waals surface area (Å²) in [7, 11) is -9.93. The first-order valence-corrected chi connectivity index (χ1v) is 46.8. The number of carbonyl (C=O) groups is 4. The SMILES string of the molecule is CCC(C)CCCCCCCCCCCCCCCCCCCCC(=O)O[C@H](COC(=O)CCCCCCCCCC(C)C)COP(=O)(O)OCC(O)COP(=O)(O)OC[C@@H](COC(=O)CCCCCCCCCCCCC(C)CC)OC(=O)CCCCCCCCCCCCCCCCCC(C)C. The van der Waals surface area contributed by atoms with E-state index in [9.17, 15) is 43.2 Å². The zero-order valence-electron chi connectivity index (χ0n) is 68.7. The van der Waals surface area contributed by atoms with Gasteiger partial charge in [0.25, 0.3) is 0 Å². The van der Waals surface area contributed by atoms with E-state index < -0.39 is 97.5 Å². The molecule has 104 heavy (non-hydrogen) atoms. The lowest BCUT2D eigenvalue weighted by molar-refractivity contribution is -0.161. The second kappa shape index (κ2) is 73.8. The summed E-state index contributed by atoms with van der Waals surface area (Å²) in [4.78, 5) is 73.2. The van der Waals surface area contributed by atoms with Crippen molar-refractivity contribution in [2.45, 2.75) is 459 Å². The van der Waals surface area contributed by atoms with Crippen molar-refractivity contribution in [3.63, 3.8) is 0 Å². The maximum Gasteiger partial charge on any atom is 0.472 e. The zero-order valence-corrected chi connectivity index (χ0v) is 70.5. The van der Waals surface area contributed by atoms with E-state index >= 15 is 0 Å². The van der Waals surface area contributed by atoms with Crippen LogP contribution in [-0.2, 0) is 65.4 Å². The highest BCUT2D eigenvalue weighted by Crippen LogP contribution is 2.45. The average molecular weight is 1520 g/mol. The van der Waals surface area contributed by atoms with Gasteiger partial charge in [-0.2, -0.15) is 0 Å². The summed E-state index contributed by atoms with van der Waals surface area (Å²) in [5.74, 6) is 1.08. The fraction of sp³-hybridized carbons (Fsp3) is 0.953. The van der Waals surface area contributed by atoms with Gasteiger partial charge in [-0.05, 0) is 49.4 Å². The molecule has 0 fully saturated rings. The molecule has 0 saturated heterocycles. The second-order valence-corrected chi connectivity index (χ2v) is 34.9. The third-order valence-electron chi connectivity index (χ3n) is 20.5. The van der Waals surface area contributed by atoms with Crippen molar-refractivity contribution in [3.8, 4) is 0 Å². The fourth-order valence-corrected chi connectivity index (χ4v) is 14.7. The predicted octanol–water partition coefficient (Wildman–Crippen LogP) is 25.6. The van der Waals surface area contributed by atoms with Crippen LogP contribution in [-0.4, -0.2) is 96.7 Å². The van der Waals surface area contributed by atoms with Crippen molar-refractivity contribution < 1.29 is 80.2 Å². The normalized spacial score (nSPS) is 14.5. The van der Waals surface area contributed by atoms with Gasteiger partial charge in [-0.3, -0.25) is 37.3 Å². The van der Waals surface area contributed by atoms with Gasteiger partial charge in [0.1, 0.15) is 19.3 Å². The van der Waals surface area contributed by atoms with Crippen LogP contribution in [0.15, 0.2) is 0 Å². The van der Waals surface area contributed by atoms with Gasteiger partial charge < -0.3 is 33.8 Å². The number of phosphoric ester groups is 2. The molecule has 0 aliphatic heterocycles. The molecule has 5 unspecified atom stereocenters. The van der Waals surface area contributed by atoms with Crippen molar-refractivity contribution in [1.29, 1.82) is 0 Å². The highest BCUT2D eigenvalue weighted by Gasteiger charge is 2.30. The molecule has 0 rings (SSSR count). The van der Waals surface area contributed by atoms with Gasteiger partial charge in [0.15, 0.2) is 12.2 Å². The Hall–Kier alpha value is -1.94. The Morgan fingerprint density at radius 3 is 0.683 bits per heavy atom. The first kappa shape index (κ1) is 102. The minimum atomic E-state index is -4.96. The molecule has 19 heteroatoms. The lowest BCUT2D eigenvalue weighted by Crippen LogP contribution is -2.30. The Bertz CT molecular complexity index is 2030. The van der Waals surface area contributed by atoms with E-state index in [0.717, 1.165) is 114 Å². The van der Waals surface area contributed by atoms with Gasteiger partial charge in [0.05, 0.1) is 26.4 Å². The third kappa shape index (κ3) is 75.5. The van der Waals surface area contributed by atoms with Crippen molar-refractivity contribution in [2.75, 3.05) is 39.6 Å². The molecule has 0 aliphatic rings. The van der Waals surface area contributed by atoms with Gasteiger partial charge in [-0.25, -0.2) is 9.13 Å². The lowest BCUT2D eigenvalue weighted by Gasteiger charge is -2.21.